The number of aromatic nitrogens is 2. The Balaban J connectivity index is 2.22. The van der Waals surface area contributed by atoms with E-state index in [0.717, 1.165) is 11.5 Å². The van der Waals surface area contributed by atoms with Crippen molar-refractivity contribution in [2.45, 2.75) is 6.92 Å². The van der Waals surface area contributed by atoms with Gasteiger partial charge in [0.2, 0.25) is 0 Å². The van der Waals surface area contributed by atoms with Crippen LogP contribution in [-0.2, 0) is 0 Å². The van der Waals surface area contributed by atoms with E-state index in [1.165, 1.54) is 0 Å². The lowest BCUT2D eigenvalue weighted by Gasteiger charge is -1.92. The molecule has 0 atom stereocenters. The van der Waals surface area contributed by atoms with Crippen LogP contribution in [-0.4, -0.2) is 14.5 Å². The molecule has 0 amide bonds. The van der Waals surface area contributed by atoms with E-state index in [1.807, 2.05) is 31.5 Å². The first-order valence-electron chi connectivity index (χ1n) is 4.97. The van der Waals surface area contributed by atoms with E-state index in [-0.39, 0.29) is 5.75 Å². The predicted octanol–water partition coefficient (Wildman–Crippen LogP) is 2.61. The van der Waals surface area contributed by atoms with Crippen molar-refractivity contribution in [2.24, 2.45) is 0 Å². The number of aromatic hydroxyl groups is 1. The number of furan rings is 1. The van der Waals surface area contributed by atoms with Crippen molar-refractivity contribution in [3.8, 4) is 17.2 Å². The summed E-state index contributed by atoms with van der Waals surface area (Å²) in [5, 5.41) is 9.62. The number of pyridine rings is 1. The van der Waals surface area contributed by atoms with Crippen LogP contribution < -0.4 is 0 Å². The molecule has 3 rings (SSSR count). The molecular weight excluding hydrogens is 204 g/mol. The van der Waals surface area contributed by atoms with Crippen molar-refractivity contribution in [3.05, 3.63) is 42.4 Å². The smallest absolute Gasteiger partial charge is 0.180 e. The van der Waals surface area contributed by atoms with Gasteiger partial charge < -0.3 is 13.9 Å². The predicted molar refractivity (Wildman–Crippen MR) is 59.3 cm³/mol. The topological polar surface area (TPSA) is 50.7 Å². The van der Waals surface area contributed by atoms with Crippen LogP contribution in [0.4, 0.5) is 0 Å². The monoisotopic (exact) mass is 214 g/mol. The molecule has 0 unspecified atom stereocenters. The Labute approximate surface area is 91.8 Å². The summed E-state index contributed by atoms with van der Waals surface area (Å²) in [5.74, 6) is 1.72. The first kappa shape index (κ1) is 9.03. The molecule has 4 heteroatoms. The number of hydrogen-bond acceptors (Lipinski definition) is 3. The zero-order valence-corrected chi connectivity index (χ0v) is 8.71. The van der Waals surface area contributed by atoms with E-state index < -0.39 is 0 Å². The van der Waals surface area contributed by atoms with Crippen LogP contribution in [0.2, 0.25) is 0 Å². The van der Waals surface area contributed by atoms with E-state index in [4.69, 9.17) is 4.42 Å². The maximum Gasteiger partial charge on any atom is 0.180 e. The zero-order valence-electron chi connectivity index (χ0n) is 8.71. The average molecular weight is 214 g/mol. The summed E-state index contributed by atoms with van der Waals surface area (Å²) in [5.41, 5.74) is 1.25. The van der Waals surface area contributed by atoms with Crippen LogP contribution in [0.3, 0.4) is 0 Å². The maximum absolute atomic E-state index is 9.62. The first-order valence-corrected chi connectivity index (χ1v) is 4.97. The lowest BCUT2D eigenvalue weighted by Crippen LogP contribution is -1.80. The summed E-state index contributed by atoms with van der Waals surface area (Å²) < 4.78 is 7.25. The van der Waals surface area contributed by atoms with Gasteiger partial charge in [-0.1, -0.05) is 0 Å². The van der Waals surface area contributed by atoms with E-state index in [1.54, 1.807) is 16.5 Å². The van der Waals surface area contributed by atoms with Crippen LogP contribution in [0.25, 0.3) is 17.1 Å². The molecule has 16 heavy (non-hydrogen) atoms. The first-order chi connectivity index (χ1) is 7.74. The second-order valence-electron chi connectivity index (χ2n) is 3.66. The molecule has 0 spiro atoms. The van der Waals surface area contributed by atoms with E-state index in [2.05, 4.69) is 4.98 Å². The summed E-state index contributed by atoms with van der Waals surface area (Å²) in [6.45, 7) is 1.89. The standard InChI is InChI=1S/C12H10N2O2/c1-8-4-5-11(16-8)9-7-14-6-2-3-10(15)12(14)13-9/h2-7,15H,1H3. The van der Waals surface area contributed by atoms with Crippen molar-refractivity contribution >= 4 is 5.65 Å². The Morgan fingerprint density at radius 2 is 2.19 bits per heavy atom. The summed E-state index contributed by atoms with van der Waals surface area (Å²) in [7, 11) is 0. The van der Waals surface area contributed by atoms with Gasteiger partial charge in [-0.25, -0.2) is 4.98 Å². The lowest BCUT2D eigenvalue weighted by atomic mass is 10.3. The summed E-state index contributed by atoms with van der Waals surface area (Å²) in [6, 6.07) is 7.13. The number of fused-ring (bicyclic) bond motifs is 1. The van der Waals surface area contributed by atoms with Crippen LogP contribution in [0.1, 0.15) is 5.76 Å². The van der Waals surface area contributed by atoms with Gasteiger partial charge in [0.25, 0.3) is 0 Å². The Morgan fingerprint density at radius 3 is 2.88 bits per heavy atom. The molecule has 3 aromatic heterocycles. The molecule has 0 fully saturated rings. The van der Waals surface area contributed by atoms with Gasteiger partial charge in [0.05, 0.1) is 0 Å². The Hall–Kier alpha value is -2.23. The third-order valence-electron chi connectivity index (χ3n) is 2.45. The van der Waals surface area contributed by atoms with Gasteiger partial charge in [-0.05, 0) is 31.2 Å². The minimum Gasteiger partial charge on any atom is -0.504 e. The van der Waals surface area contributed by atoms with Gasteiger partial charge in [0, 0.05) is 12.4 Å². The molecule has 0 radical (unpaired) electrons. The summed E-state index contributed by atoms with van der Waals surface area (Å²) >= 11 is 0. The third-order valence-corrected chi connectivity index (χ3v) is 2.45. The van der Waals surface area contributed by atoms with E-state index in [9.17, 15) is 5.11 Å². The van der Waals surface area contributed by atoms with E-state index >= 15 is 0 Å². The molecule has 0 aliphatic carbocycles. The molecule has 1 N–H and O–H groups in total. The highest BCUT2D eigenvalue weighted by Crippen LogP contribution is 2.24. The largest absolute Gasteiger partial charge is 0.504 e. The molecule has 0 saturated heterocycles. The normalized spacial score (nSPS) is 11.1. The van der Waals surface area contributed by atoms with Gasteiger partial charge in [-0.3, -0.25) is 0 Å². The van der Waals surface area contributed by atoms with E-state index in [0.29, 0.717) is 11.4 Å². The Morgan fingerprint density at radius 1 is 1.31 bits per heavy atom. The number of hydrogen-bond donors (Lipinski definition) is 1. The van der Waals surface area contributed by atoms with Crippen molar-refractivity contribution in [1.82, 2.24) is 9.38 Å². The summed E-state index contributed by atoms with van der Waals surface area (Å²) in [4.78, 5) is 4.32. The molecule has 0 aliphatic heterocycles. The molecule has 0 aromatic carbocycles. The van der Waals surface area contributed by atoms with Crippen LogP contribution in [0, 0.1) is 6.92 Å². The fourth-order valence-corrected chi connectivity index (χ4v) is 1.69. The van der Waals surface area contributed by atoms with Crippen molar-refractivity contribution in [3.63, 3.8) is 0 Å². The fourth-order valence-electron chi connectivity index (χ4n) is 1.69. The van der Waals surface area contributed by atoms with Crippen molar-refractivity contribution in [1.29, 1.82) is 0 Å². The highest BCUT2D eigenvalue weighted by molar-refractivity contribution is 5.62. The zero-order chi connectivity index (χ0) is 11.1. The molecule has 0 aliphatic rings. The van der Waals surface area contributed by atoms with Gasteiger partial charge in [0.15, 0.2) is 17.2 Å². The molecule has 80 valence electrons. The van der Waals surface area contributed by atoms with Crippen molar-refractivity contribution in [2.75, 3.05) is 0 Å². The van der Waals surface area contributed by atoms with Crippen LogP contribution >= 0.6 is 0 Å². The molecule has 4 nitrogen and oxygen atoms in total. The second-order valence-corrected chi connectivity index (χ2v) is 3.66. The second kappa shape index (κ2) is 3.13. The minimum atomic E-state index is 0.164. The Kier molecular flexibility index (Phi) is 1.77. The highest BCUT2D eigenvalue weighted by atomic mass is 16.3. The molecule has 3 heterocycles. The number of aryl methyl sites for hydroxylation is 1. The molecule has 3 aromatic rings. The lowest BCUT2D eigenvalue weighted by molar-refractivity contribution is 0.477. The van der Waals surface area contributed by atoms with Gasteiger partial charge in [-0.2, -0.15) is 0 Å². The highest BCUT2D eigenvalue weighted by Gasteiger charge is 2.09. The Bertz CT molecular complexity index is 652. The summed E-state index contributed by atoms with van der Waals surface area (Å²) in [6.07, 6.45) is 3.66. The number of rotatable bonds is 1. The SMILES string of the molecule is Cc1ccc(-c2cn3cccc(O)c3n2)o1. The number of imidazole rings is 1. The molecule has 0 saturated carbocycles. The quantitative estimate of drug-likeness (QED) is 0.677. The third kappa shape index (κ3) is 1.27. The van der Waals surface area contributed by atoms with Gasteiger partial charge in [-0.15, -0.1) is 0 Å². The van der Waals surface area contributed by atoms with Gasteiger partial charge >= 0.3 is 0 Å². The van der Waals surface area contributed by atoms with Crippen LogP contribution in [0.15, 0.2) is 41.1 Å². The molecule has 0 bridgehead atoms. The van der Waals surface area contributed by atoms with Crippen molar-refractivity contribution < 1.29 is 9.52 Å². The minimum absolute atomic E-state index is 0.164. The molecular formula is C12H10N2O2. The van der Waals surface area contributed by atoms with Gasteiger partial charge in [0.1, 0.15) is 11.5 Å². The number of nitrogens with zero attached hydrogens (tertiary/aromatic N) is 2. The van der Waals surface area contributed by atoms with Crippen LogP contribution in [0.5, 0.6) is 5.75 Å². The maximum atomic E-state index is 9.62. The fraction of sp³-hybridized carbons (Fsp3) is 0.0833. The average Bonchev–Trinajstić information content (AvgIpc) is 2.84.